The van der Waals surface area contributed by atoms with Crippen LogP contribution in [0.15, 0.2) is 35.8 Å². The van der Waals surface area contributed by atoms with E-state index in [-0.39, 0.29) is 5.56 Å². The van der Waals surface area contributed by atoms with Crippen molar-refractivity contribution in [2.45, 2.75) is 0 Å². The molecule has 1 aromatic heterocycles. The van der Waals surface area contributed by atoms with Gasteiger partial charge in [0.05, 0.1) is 18.4 Å². The van der Waals surface area contributed by atoms with Gasteiger partial charge in [-0.15, -0.1) is 11.3 Å². The largest absolute Gasteiger partial charge is 0.478 e. The van der Waals surface area contributed by atoms with E-state index < -0.39 is 12.1 Å². The number of nitrogens with zero attached hydrogens (tertiary/aromatic N) is 2. The molecule has 2 rings (SSSR count). The van der Waals surface area contributed by atoms with Gasteiger partial charge in [0.1, 0.15) is 0 Å². The molecule has 2 aromatic rings. The SMILES string of the molecule is COC(=O)N(c1ccc(C(=O)O)cc1)c1nccs1. The molecule has 1 amide bonds. The zero-order valence-electron chi connectivity index (χ0n) is 9.94. The highest BCUT2D eigenvalue weighted by molar-refractivity contribution is 7.13. The predicted molar refractivity (Wildman–Crippen MR) is 70.1 cm³/mol. The summed E-state index contributed by atoms with van der Waals surface area (Å²) in [5, 5.41) is 11.0. The van der Waals surface area contributed by atoms with Gasteiger partial charge in [-0.3, -0.25) is 0 Å². The summed E-state index contributed by atoms with van der Waals surface area (Å²) in [6.07, 6.45) is 0.986. The average molecular weight is 278 g/mol. The van der Waals surface area contributed by atoms with Crippen LogP contribution < -0.4 is 4.90 Å². The normalized spacial score (nSPS) is 9.95. The van der Waals surface area contributed by atoms with Crippen LogP contribution >= 0.6 is 11.3 Å². The lowest BCUT2D eigenvalue weighted by Crippen LogP contribution is -2.25. The minimum Gasteiger partial charge on any atom is -0.478 e. The van der Waals surface area contributed by atoms with E-state index in [9.17, 15) is 9.59 Å². The lowest BCUT2D eigenvalue weighted by molar-refractivity contribution is 0.0697. The Morgan fingerprint density at radius 3 is 2.47 bits per heavy atom. The standard InChI is InChI=1S/C12H10N2O4S/c1-18-12(17)14(11-13-6-7-19-11)9-4-2-8(3-5-9)10(15)16/h2-7H,1H3,(H,15,16). The maximum absolute atomic E-state index is 11.8. The third-order valence-corrected chi connectivity index (χ3v) is 3.10. The Labute approximate surface area is 112 Å². The topological polar surface area (TPSA) is 79.7 Å². The van der Waals surface area contributed by atoms with Crippen LogP contribution in [0.1, 0.15) is 10.4 Å². The first kappa shape index (κ1) is 13.0. The summed E-state index contributed by atoms with van der Waals surface area (Å²) in [4.78, 5) is 27.9. The van der Waals surface area contributed by atoms with Crippen molar-refractivity contribution in [3.63, 3.8) is 0 Å². The number of aromatic nitrogens is 1. The van der Waals surface area contributed by atoms with E-state index in [2.05, 4.69) is 4.98 Å². The van der Waals surface area contributed by atoms with E-state index in [4.69, 9.17) is 9.84 Å². The molecule has 0 spiro atoms. The maximum Gasteiger partial charge on any atom is 0.420 e. The molecule has 1 N–H and O–H groups in total. The molecule has 0 aliphatic rings. The zero-order chi connectivity index (χ0) is 13.8. The number of carbonyl (C=O) groups excluding carboxylic acids is 1. The second-order valence-electron chi connectivity index (χ2n) is 3.47. The molecule has 7 heteroatoms. The van der Waals surface area contributed by atoms with Crippen LogP contribution in [0.3, 0.4) is 0 Å². The van der Waals surface area contributed by atoms with Gasteiger partial charge in [0, 0.05) is 11.6 Å². The first-order valence-electron chi connectivity index (χ1n) is 5.24. The lowest BCUT2D eigenvalue weighted by Gasteiger charge is -2.18. The molecular formula is C12H10N2O4S. The van der Waals surface area contributed by atoms with Gasteiger partial charge in [0.25, 0.3) is 0 Å². The number of aromatic carboxylic acids is 1. The highest BCUT2D eigenvalue weighted by atomic mass is 32.1. The van der Waals surface area contributed by atoms with Gasteiger partial charge in [-0.25, -0.2) is 19.5 Å². The Morgan fingerprint density at radius 1 is 1.32 bits per heavy atom. The third-order valence-electron chi connectivity index (χ3n) is 2.34. The van der Waals surface area contributed by atoms with E-state index in [1.165, 1.54) is 47.6 Å². The van der Waals surface area contributed by atoms with E-state index in [1.54, 1.807) is 11.6 Å². The monoisotopic (exact) mass is 278 g/mol. The molecule has 0 atom stereocenters. The van der Waals surface area contributed by atoms with Crippen LogP contribution in [-0.4, -0.2) is 29.3 Å². The van der Waals surface area contributed by atoms with Gasteiger partial charge in [-0.05, 0) is 24.3 Å². The molecule has 1 aromatic carbocycles. The number of hydrogen-bond acceptors (Lipinski definition) is 5. The fraction of sp³-hybridized carbons (Fsp3) is 0.0833. The molecule has 0 bridgehead atoms. The zero-order valence-corrected chi connectivity index (χ0v) is 10.8. The molecular weight excluding hydrogens is 268 g/mol. The highest BCUT2D eigenvalue weighted by Crippen LogP contribution is 2.28. The molecule has 0 fully saturated rings. The number of benzene rings is 1. The minimum absolute atomic E-state index is 0.146. The van der Waals surface area contributed by atoms with Gasteiger partial charge < -0.3 is 9.84 Å². The van der Waals surface area contributed by atoms with Crippen molar-refractivity contribution in [3.05, 3.63) is 41.4 Å². The number of carboxylic acid groups (broad SMARTS) is 1. The van der Waals surface area contributed by atoms with Crippen molar-refractivity contribution >= 4 is 34.2 Å². The molecule has 0 saturated carbocycles. The molecule has 19 heavy (non-hydrogen) atoms. The molecule has 0 aliphatic heterocycles. The molecule has 0 unspecified atom stereocenters. The number of thiazole rings is 1. The quantitative estimate of drug-likeness (QED) is 0.933. The third kappa shape index (κ3) is 2.71. The van der Waals surface area contributed by atoms with E-state index in [0.29, 0.717) is 10.8 Å². The predicted octanol–water partition coefficient (Wildman–Crippen LogP) is 2.75. The number of ether oxygens (including phenoxy) is 1. The Kier molecular flexibility index (Phi) is 3.76. The summed E-state index contributed by atoms with van der Waals surface area (Å²) in [5.74, 6) is -1.02. The highest BCUT2D eigenvalue weighted by Gasteiger charge is 2.21. The molecule has 0 radical (unpaired) electrons. The summed E-state index contributed by atoms with van der Waals surface area (Å²) < 4.78 is 4.71. The first-order chi connectivity index (χ1) is 9.13. The summed E-state index contributed by atoms with van der Waals surface area (Å²) in [5.41, 5.74) is 0.638. The lowest BCUT2D eigenvalue weighted by atomic mass is 10.2. The van der Waals surface area contributed by atoms with Gasteiger partial charge in [0.15, 0.2) is 5.13 Å². The number of methoxy groups -OCH3 is 1. The van der Waals surface area contributed by atoms with E-state index in [0.717, 1.165) is 0 Å². The van der Waals surface area contributed by atoms with Crippen molar-refractivity contribution < 1.29 is 19.4 Å². The first-order valence-corrected chi connectivity index (χ1v) is 6.12. The molecule has 1 heterocycles. The average Bonchev–Trinajstić information content (AvgIpc) is 2.93. The van der Waals surface area contributed by atoms with Gasteiger partial charge in [0.2, 0.25) is 0 Å². The van der Waals surface area contributed by atoms with Crippen LogP contribution in [0, 0.1) is 0 Å². The van der Waals surface area contributed by atoms with Crippen LogP contribution in [0.5, 0.6) is 0 Å². The molecule has 98 valence electrons. The fourth-order valence-electron chi connectivity index (χ4n) is 1.46. The van der Waals surface area contributed by atoms with Gasteiger partial charge in [-0.1, -0.05) is 0 Å². The number of amides is 1. The maximum atomic E-state index is 11.8. The number of carbonyl (C=O) groups is 2. The van der Waals surface area contributed by atoms with Crippen molar-refractivity contribution in [3.8, 4) is 0 Å². The van der Waals surface area contributed by atoms with Crippen molar-refractivity contribution in [1.29, 1.82) is 0 Å². The van der Waals surface area contributed by atoms with Crippen LogP contribution in [-0.2, 0) is 4.74 Å². The number of anilines is 2. The fourth-order valence-corrected chi connectivity index (χ4v) is 2.12. The van der Waals surface area contributed by atoms with Crippen molar-refractivity contribution in [1.82, 2.24) is 4.98 Å². The van der Waals surface area contributed by atoms with Gasteiger partial charge in [-0.2, -0.15) is 0 Å². The summed E-state index contributed by atoms with van der Waals surface area (Å²) in [6.45, 7) is 0. The Hall–Kier alpha value is -2.41. The van der Waals surface area contributed by atoms with E-state index >= 15 is 0 Å². The van der Waals surface area contributed by atoms with Crippen molar-refractivity contribution in [2.75, 3.05) is 12.0 Å². The van der Waals surface area contributed by atoms with Crippen LogP contribution in [0.2, 0.25) is 0 Å². The van der Waals surface area contributed by atoms with Crippen LogP contribution in [0.25, 0.3) is 0 Å². The number of rotatable bonds is 3. The number of hydrogen-bond donors (Lipinski definition) is 1. The Morgan fingerprint density at radius 2 is 2.00 bits per heavy atom. The Balaban J connectivity index is 2.39. The van der Waals surface area contributed by atoms with Crippen LogP contribution in [0.4, 0.5) is 15.6 Å². The second kappa shape index (κ2) is 5.49. The van der Waals surface area contributed by atoms with Gasteiger partial charge >= 0.3 is 12.1 Å². The Bertz CT molecular complexity index is 580. The summed E-state index contributed by atoms with van der Waals surface area (Å²) in [6, 6.07) is 5.89. The molecule has 0 saturated heterocycles. The summed E-state index contributed by atoms with van der Waals surface area (Å²) in [7, 11) is 1.27. The summed E-state index contributed by atoms with van der Waals surface area (Å²) >= 11 is 1.28. The smallest absolute Gasteiger partial charge is 0.420 e. The van der Waals surface area contributed by atoms with Crippen molar-refractivity contribution in [2.24, 2.45) is 0 Å². The minimum atomic E-state index is -1.02. The number of carboxylic acids is 1. The molecule has 6 nitrogen and oxygen atoms in total. The molecule has 0 aliphatic carbocycles. The second-order valence-corrected chi connectivity index (χ2v) is 4.35. The van der Waals surface area contributed by atoms with E-state index in [1.807, 2.05) is 0 Å².